The third-order valence-electron chi connectivity index (χ3n) is 12.0. The second-order valence-electron chi connectivity index (χ2n) is 15.2. The van der Waals surface area contributed by atoms with E-state index in [1.807, 2.05) is 38.3 Å². The summed E-state index contributed by atoms with van der Waals surface area (Å²) < 4.78 is 2.24. The number of carbonyl (C=O) groups excluding carboxylic acids is 2. The van der Waals surface area contributed by atoms with Crippen LogP contribution in [0.15, 0.2) is 34.1 Å². The molecule has 0 spiro atoms. The van der Waals surface area contributed by atoms with Crippen molar-refractivity contribution in [1.29, 1.82) is 0 Å². The number of nitrogens with zero attached hydrogens (tertiary/aromatic N) is 2. The number of amides is 2. The van der Waals surface area contributed by atoms with Crippen molar-refractivity contribution in [2.45, 2.75) is 115 Å². The molecule has 8 rings (SSSR count). The minimum absolute atomic E-state index is 0.158. The molecule has 0 aromatic carbocycles. The van der Waals surface area contributed by atoms with Crippen LogP contribution in [0.5, 0.6) is 0 Å². The Morgan fingerprint density at radius 1 is 1.09 bits per heavy atom. The van der Waals surface area contributed by atoms with E-state index in [0.29, 0.717) is 17.0 Å². The molecule has 0 aliphatic heterocycles. The smallest absolute Gasteiger partial charge is 0.254 e. The van der Waals surface area contributed by atoms with Crippen LogP contribution in [0.4, 0.5) is 0 Å². The average Bonchev–Trinajstić information content (AvgIpc) is 3.30. The summed E-state index contributed by atoms with van der Waals surface area (Å²) in [5, 5.41) is 7.32. The van der Waals surface area contributed by atoms with E-state index in [2.05, 4.69) is 27.1 Å². The molecule has 2 amide bonds. The summed E-state index contributed by atoms with van der Waals surface area (Å²) in [6.07, 6.45) is 16.6. The molecule has 0 saturated heterocycles. The molecule has 3 heterocycles. The second kappa shape index (κ2) is 12.5. The predicted molar refractivity (Wildman–Crippen MR) is 183 cm³/mol. The SMILES string of the molecule is CSc1cc(C)[nH]c(=O)c1CNC(=O)c1c(C)n([C@H](C)C2CCC(NC(=O)CC34CC5CC(CC(C5)C3)C4)CC2)c2ncccc12. The van der Waals surface area contributed by atoms with Crippen molar-refractivity contribution in [2.75, 3.05) is 6.26 Å². The molecule has 0 unspecified atom stereocenters. The summed E-state index contributed by atoms with van der Waals surface area (Å²) in [7, 11) is 0. The van der Waals surface area contributed by atoms with Crippen molar-refractivity contribution in [3.63, 3.8) is 0 Å². The normalized spacial score (nSPS) is 29.2. The molecule has 0 radical (unpaired) electrons. The third-order valence-corrected chi connectivity index (χ3v) is 12.8. The molecule has 4 bridgehead atoms. The second-order valence-corrected chi connectivity index (χ2v) is 16.1. The topological polar surface area (TPSA) is 109 Å². The van der Waals surface area contributed by atoms with Gasteiger partial charge in [-0.3, -0.25) is 14.4 Å². The molecule has 5 aliphatic carbocycles. The van der Waals surface area contributed by atoms with Gasteiger partial charge in [-0.2, -0.15) is 0 Å². The lowest BCUT2D eigenvalue weighted by atomic mass is 9.49. The highest BCUT2D eigenvalue weighted by Crippen LogP contribution is 2.61. The maximum atomic E-state index is 13.7. The lowest BCUT2D eigenvalue weighted by Crippen LogP contribution is -2.49. The average molecular weight is 644 g/mol. The van der Waals surface area contributed by atoms with E-state index < -0.39 is 0 Å². The van der Waals surface area contributed by atoms with E-state index in [4.69, 9.17) is 4.98 Å². The summed E-state index contributed by atoms with van der Waals surface area (Å²) in [5.74, 6) is 3.13. The number of hydrogen-bond acceptors (Lipinski definition) is 5. The molecule has 3 N–H and O–H groups in total. The Kier molecular flexibility index (Phi) is 8.57. The van der Waals surface area contributed by atoms with Gasteiger partial charge in [0.15, 0.2) is 0 Å². The standard InChI is InChI=1S/C37H49N5O3S/c1-21-12-31(46-4)30(35(44)40-21)20-39-36(45)33-23(3)42(34-29(33)6-5-11-38-34)22(2)27-7-9-28(10-8-27)41-32(43)19-37-16-24-13-25(17-37)15-26(14-24)18-37/h5-6,11-12,22,24-28H,7-10,13-20H2,1-4H3,(H,39,45)(H,40,44)(H,41,43)/t22-,24?,25?,26?,27?,28?,37?/m1/s1. The number of aryl methyl sites for hydroxylation is 1. The molecule has 3 aromatic rings. The molecule has 8 nitrogen and oxygen atoms in total. The molecule has 5 fully saturated rings. The van der Waals surface area contributed by atoms with Crippen molar-refractivity contribution < 1.29 is 9.59 Å². The van der Waals surface area contributed by atoms with Gasteiger partial charge in [-0.1, -0.05) is 0 Å². The van der Waals surface area contributed by atoms with Crippen LogP contribution in [0.2, 0.25) is 0 Å². The first-order valence-corrected chi connectivity index (χ1v) is 18.7. The van der Waals surface area contributed by atoms with Gasteiger partial charge in [0, 0.05) is 58.5 Å². The Morgan fingerprint density at radius 2 is 1.76 bits per heavy atom. The quantitative estimate of drug-likeness (QED) is 0.222. The minimum Gasteiger partial charge on any atom is -0.353 e. The van der Waals surface area contributed by atoms with Crippen LogP contribution in [0, 0.1) is 42.9 Å². The zero-order valence-electron chi connectivity index (χ0n) is 27.8. The van der Waals surface area contributed by atoms with E-state index >= 15 is 0 Å². The van der Waals surface area contributed by atoms with Crippen molar-refractivity contribution in [2.24, 2.45) is 29.1 Å². The highest BCUT2D eigenvalue weighted by atomic mass is 32.2. The highest BCUT2D eigenvalue weighted by molar-refractivity contribution is 7.98. The number of nitrogens with one attached hydrogen (secondary N) is 3. The zero-order chi connectivity index (χ0) is 32.2. The fourth-order valence-electron chi connectivity index (χ4n) is 10.4. The third kappa shape index (κ3) is 5.93. The van der Waals surface area contributed by atoms with E-state index in [1.54, 1.807) is 6.20 Å². The largest absolute Gasteiger partial charge is 0.353 e. The first-order valence-electron chi connectivity index (χ1n) is 17.4. The Hall–Kier alpha value is -3.07. The first kappa shape index (κ1) is 31.5. The highest BCUT2D eigenvalue weighted by Gasteiger charge is 2.51. The van der Waals surface area contributed by atoms with Gasteiger partial charge in [-0.05, 0) is 139 Å². The molecule has 5 aliphatic rings. The molecular formula is C37H49N5O3S. The number of H-pyrrole nitrogens is 1. The number of aromatic amines is 1. The summed E-state index contributed by atoms with van der Waals surface area (Å²) in [5.41, 5.74) is 3.82. The number of thioether (sulfide) groups is 1. The fourth-order valence-corrected chi connectivity index (χ4v) is 11.1. The number of pyridine rings is 2. The van der Waals surface area contributed by atoms with Gasteiger partial charge in [0.25, 0.3) is 11.5 Å². The van der Waals surface area contributed by atoms with Crippen LogP contribution in [-0.4, -0.2) is 38.6 Å². The van der Waals surface area contributed by atoms with Gasteiger partial charge in [-0.25, -0.2) is 4.98 Å². The number of carbonyl (C=O) groups is 2. The Morgan fingerprint density at radius 3 is 2.41 bits per heavy atom. The Labute approximate surface area is 276 Å². The van der Waals surface area contributed by atoms with Gasteiger partial charge in [0.1, 0.15) is 5.65 Å². The Balaban J connectivity index is 1.01. The zero-order valence-corrected chi connectivity index (χ0v) is 28.6. The molecule has 46 heavy (non-hydrogen) atoms. The molecule has 5 saturated carbocycles. The summed E-state index contributed by atoms with van der Waals surface area (Å²) in [6.45, 7) is 6.28. The Bertz CT molecular complexity index is 1670. The molecule has 9 heteroatoms. The van der Waals surface area contributed by atoms with Crippen molar-refractivity contribution >= 4 is 34.6 Å². The maximum Gasteiger partial charge on any atom is 0.254 e. The predicted octanol–water partition coefficient (Wildman–Crippen LogP) is 6.84. The minimum atomic E-state index is -0.195. The maximum absolute atomic E-state index is 13.7. The van der Waals surface area contributed by atoms with Crippen LogP contribution in [0.3, 0.4) is 0 Å². The number of rotatable bonds is 9. The molecule has 246 valence electrons. The van der Waals surface area contributed by atoms with Crippen LogP contribution in [0.25, 0.3) is 11.0 Å². The van der Waals surface area contributed by atoms with Crippen molar-refractivity contribution in [1.82, 2.24) is 25.2 Å². The van der Waals surface area contributed by atoms with Gasteiger partial charge in [0.2, 0.25) is 5.91 Å². The fraction of sp³-hybridized carbons (Fsp3) is 0.622. The van der Waals surface area contributed by atoms with Gasteiger partial charge >= 0.3 is 0 Å². The first-order chi connectivity index (χ1) is 22.1. The molecular weight excluding hydrogens is 595 g/mol. The monoisotopic (exact) mass is 643 g/mol. The van der Waals surface area contributed by atoms with Crippen LogP contribution >= 0.6 is 11.8 Å². The van der Waals surface area contributed by atoms with Crippen LogP contribution in [-0.2, 0) is 11.3 Å². The van der Waals surface area contributed by atoms with E-state index in [1.165, 1.54) is 50.3 Å². The lowest BCUT2D eigenvalue weighted by Gasteiger charge is -2.56. The lowest BCUT2D eigenvalue weighted by molar-refractivity contribution is -0.130. The van der Waals surface area contributed by atoms with Crippen molar-refractivity contribution in [3.05, 3.63) is 57.3 Å². The van der Waals surface area contributed by atoms with Gasteiger partial charge in [-0.15, -0.1) is 11.8 Å². The number of fused-ring (bicyclic) bond motifs is 1. The number of hydrogen-bond donors (Lipinski definition) is 3. The van der Waals surface area contributed by atoms with Crippen molar-refractivity contribution in [3.8, 4) is 0 Å². The molecule has 3 aromatic heterocycles. The summed E-state index contributed by atoms with van der Waals surface area (Å²) in [4.78, 5) is 48.2. The van der Waals surface area contributed by atoms with Gasteiger partial charge < -0.3 is 20.2 Å². The van der Waals surface area contributed by atoms with Crippen LogP contribution < -0.4 is 16.2 Å². The van der Waals surface area contributed by atoms with E-state index in [0.717, 1.165) is 77.2 Å². The van der Waals surface area contributed by atoms with E-state index in [-0.39, 0.29) is 41.4 Å². The van der Waals surface area contributed by atoms with Crippen LogP contribution in [0.1, 0.15) is 111 Å². The molecule has 1 atom stereocenters. The van der Waals surface area contributed by atoms with E-state index in [9.17, 15) is 14.4 Å². The summed E-state index contributed by atoms with van der Waals surface area (Å²) in [6, 6.07) is 6.20. The van der Waals surface area contributed by atoms with Gasteiger partial charge in [0.05, 0.1) is 5.56 Å². The number of aromatic nitrogens is 3. The summed E-state index contributed by atoms with van der Waals surface area (Å²) >= 11 is 1.51.